The first kappa shape index (κ1) is 15.2. The lowest BCUT2D eigenvalue weighted by Gasteiger charge is -2.23. The number of amides is 1. The van der Waals surface area contributed by atoms with Crippen LogP contribution < -0.4 is 11.3 Å². The molecule has 9 heteroatoms. The Kier molecular flexibility index (Phi) is 5.07. The molecule has 1 heterocycles. The summed E-state index contributed by atoms with van der Waals surface area (Å²) in [5.74, 6) is 4.26. The lowest BCUT2D eigenvalue weighted by Crippen LogP contribution is -2.41. The smallest absolute Gasteiger partial charge is 0.395 e. The maximum absolute atomic E-state index is 12.4. The number of carbonyl (C=O) groups excluding carboxylic acids is 1. The molecule has 0 unspecified atom stereocenters. The fraction of sp³-hybridized carbons (Fsp3) is 0.400. The van der Waals surface area contributed by atoms with Gasteiger partial charge in [0.2, 0.25) is 0 Å². The van der Waals surface area contributed by atoms with Crippen LogP contribution >= 0.6 is 0 Å². The lowest BCUT2D eigenvalue weighted by atomic mass is 10.2. The number of aliphatic hydroxyl groups excluding tert-OH is 1. The monoisotopic (exact) mass is 278 g/mol. The number of anilines is 1. The van der Waals surface area contributed by atoms with Gasteiger partial charge < -0.3 is 15.4 Å². The van der Waals surface area contributed by atoms with Crippen molar-refractivity contribution in [1.29, 1.82) is 0 Å². The standard InChI is InChI=1S/C10H13F3N4O2/c11-10(12,13)6-17(3-4-18)9(19)7-5-15-2-1-8(7)16-14/h1-2,5,18H,3-4,6,14H2,(H,15,16). The number of aliphatic hydroxyl groups is 1. The van der Waals surface area contributed by atoms with E-state index >= 15 is 0 Å². The summed E-state index contributed by atoms with van der Waals surface area (Å²) >= 11 is 0. The average Bonchev–Trinajstić information content (AvgIpc) is 2.36. The number of hydrazine groups is 1. The highest BCUT2D eigenvalue weighted by Gasteiger charge is 2.33. The van der Waals surface area contributed by atoms with E-state index in [1.165, 1.54) is 12.3 Å². The molecule has 0 aliphatic heterocycles. The highest BCUT2D eigenvalue weighted by atomic mass is 19.4. The van der Waals surface area contributed by atoms with Gasteiger partial charge in [-0.25, -0.2) is 0 Å². The molecule has 106 valence electrons. The van der Waals surface area contributed by atoms with Crippen LogP contribution in [0.3, 0.4) is 0 Å². The van der Waals surface area contributed by atoms with Crippen molar-refractivity contribution in [1.82, 2.24) is 9.88 Å². The van der Waals surface area contributed by atoms with Crippen LogP contribution in [0, 0.1) is 0 Å². The molecule has 0 radical (unpaired) electrons. The predicted octanol–water partition coefficient (Wildman–Crippen LogP) is 0.364. The van der Waals surface area contributed by atoms with Crippen molar-refractivity contribution in [3.8, 4) is 0 Å². The summed E-state index contributed by atoms with van der Waals surface area (Å²) in [6.07, 6.45) is -2.10. The Balaban J connectivity index is 2.99. The number of rotatable bonds is 5. The Morgan fingerprint density at radius 2 is 2.21 bits per heavy atom. The number of nitrogen functional groups attached to an aromatic ring is 1. The molecule has 6 nitrogen and oxygen atoms in total. The van der Waals surface area contributed by atoms with Crippen molar-refractivity contribution < 1.29 is 23.1 Å². The van der Waals surface area contributed by atoms with Gasteiger partial charge in [0.05, 0.1) is 17.9 Å². The lowest BCUT2D eigenvalue weighted by molar-refractivity contribution is -0.141. The maximum Gasteiger partial charge on any atom is 0.406 e. The zero-order chi connectivity index (χ0) is 14.5. The number of hydrogen-bond donors (Lipinski definition) is 3. The summed E-state index contributed by atoms with van der Waals surface area (Å²) in [5.41, 5.74) is 2.27. The fourth-order valence-electron chi connectivity index (χ4n) is 1.45. The maximum atomic E-state index is 12.4. The van der Waals surface area contributed by atoms with Crippen LogP contribution in [0.2, 0.25) is 0 Å². The number of nitrogens with two attached hydrogens (primary N) is 1. The quantitative estimate of drug-likeness (QED) is 0.534. The normalized spacial score (nSPS) is 11.2. The first-order valence-corrected chi connectivity index (χ1v) is 5.26. The molecule has 0 spiro atoms. The second kappa shape index (κ2) is 6.34. The Morgan fingerprint density at radius 3 is 2.74 bits per heavy atom. The van der Waals surface area contributed by atoms with E-state index in [4.69, 9.17) is 10.9 Å². The van der Waals surface area contributed by atoms with Gasteiger partial charge in [0.1, 0.15) is 6.54 Å². The van der Waals surface area contributed by atoms with Gasteiger partial charge >= 0.3 is 6.18 Å². The summed E-state index contributed by atoms with van der Waals surface area (Å²) in [7, 11) is 0. The molecule has 0 fully saturated rings. The molecule has 0 saturated heterocycles. The van der Waals surface area contributed by atoms with E-state index in [2.05, 4.69) is 10.4 Å². The molecule has 1 aromatic heterocycles. The van der Waals surface area contributed by atoms with E-state index in [9.17, 15) is 18.0 Å². The zero-order valence-corrected chi connectivity index (χ0v) is 9.81. The van der Waals surface area contributed by atoms with Crippen LogP contribution in [-0.2, 0) is 0 Å². The molecule has 0 saturated carbocycles. The van der Waals surface area contributed by atoms with Gasteiger partial charge in [0.15, 0.2) is 0 Å². The molecule has 1 rings (SSSR count). The molecule has 0 atom stereocenters. The molecule has 0 aliphatic carbocycles. The first-order valence-electron chi connectivity index (χ1n) is 5.26. The number of halogens is 3. The van der Waals surface area contributed by atoms with Crippen LogP contribution in [0.5, 0.6) is 0 Å². The Bertz CT molecular complexity index is 439. The van der Waals surface area contributed by atoms with Crippen LogP contribution in [0.15, 0.2) is 18.5 Å². The van der Waals surface area contributed by atoms with Gasteiger partial charge in [-0.15, -0.1) is 0 Å². The van der Waals surface area contributed by atoms with E-state index in [-0.39, 0.29) is 11.3 Å². The summed E-state index contributed by atoms with van der Waals surface area (Å²) in [4.78, 5) is 16.1. The Hall–Kier alpha value is -1.87. The van der Waals surface area contributed by atoms with E-state index in [1.54, 1.807) is 0 Å². The fourth-order valence-corrected chi connectivity index (χ4v) is 1.45. The Morgan fingerprint density at radius 1 is 1.53 bits per heavy atom. The van der Waals surface area contributed by atoms with Crippen LogP contribution in [0.4, 0.5) is 18.9 Å². The SMILES string of the molecule is NNc1ccncc1C(=O)N(CCO)CC(F)(F)F. The molecule has 0 bridgehead atoms. The molecule has 1 amide bonds. The molecule has 4 N–H and O–H groups in total. The second-order valence-corrected chi connectivity index (χ2v) is 3.63. The number of carbonyl (C=O) groups is 1. The van der Waals surface area contributed by atoms with Crippen molar-refractivity contribution >= 4 is 11.6 Å². The number of aromatic nitrogens is 1. The van der Waals surface area contributed by atoms with Crippen LogP contribution in [0.1, 0.15) is 10.4 Å². The van der Waals surface area contributed by atoms with Gasteiger partial charge in [-0.05, 0) is 6.07 Å². The number of nitrogens with zero attached hydrogens (tertiary/aromatic N) is 2. The summed E-state index contributed by atoms with van der Waals surface area (Å²) in [6.45, 7) is -2.46. The minimum atomic E-state index is -4.55. The number of pyridine rings is 1. The first-order chi connectivity index (χ1) is 8.89. The molecular formula is C10H13F3N4O2. The van der Waals surface area contributed by atoms with Crippen molar-refractivity contribution in [2.45, 2.75) is 6.18 Å². The van der Waals surface area contributed by atoms with Gasteiger partial charge in [-0.1, -0.05) is 0 Å². The van der Waals surface area contributed by atoms with Crippen molar-refractivity contribution in [2.24, 2.45) is 5.84 Å². The highest BCUT2D eigenvalue weighted by molar-refractivity contribution is 5.99. The molecule has 19 heavy (non-hydrogen) atoms. The van der Waals surface area contributed by atoms with Gasteiger partial charge in [-0.2, -0.15) is 13.2 Å². The van der Waals surface area contributed by atoms with Gasteiger partial charge in [0, 0.05) is 18.9 Å². The van der Waals surface area contributed by atoms with Gasteiger partial charge in [-0.3, -0.25) is 15.6 Å². The van der Waals surface area contributed by atoms with Crippen molar-refractivity contribution in [2.75, 3.05) is 25.1 Å². The minimum absolute atomic E-state index is 0.0947. The van der Waals surface area contributed by atoms with Crippen molar-refractivity contribution in [3.05, 3.63) is 24.0 Å². The second-order valence-electron chi connectivity index (χ2n) is 3.63. The topological polar surface area (TPSA) is 91.5 Å². The third-order valence-corrected chi connectivity index (χ3v) is 2.23. The minimum Gasteiger partial charge on any atom is -0.395 e. The third kappa shape index (κ3) is 4.38. The highest BCUT2D eigenvalue weighted by Crippen LogP contribution is 2.20. The number of hydrogen-bond acceptors (Lipinski definition) is 5. The van der Waals surface area contributed by atoms with Crippen LogP contribution in [0.25, 0.3) is 0 Å². The van der Waals surface area contributed by atoms with E-state index < -0.39 is 31.8 Å². The largest absolute Gasteiger partial charge is 0.406 e. The van der Waals surface area contributed by atoms with Gasteiger partial charge in [0.25, 0.3) is 5.91 Å². The summed E-state index contributed by atoms with van der Waals surface area (Å²) in [6, 6.07) is 1.36. The molecule has 0 aliphatic rings. The summed E-state index contributed by atoms with van der Waals surface area (Å²) in [5, 5.41) is 8.74. The molecule has 1 aromatic rings. The molecular weight excluding hydrogens is 265 g/mol. The average molecular weight is 278 g/mol. The third-order valence-electron chi connectivity index (χ3n) is 2.23. The number of nitrogens with one attached hydrogen (secondary N) is 1. The van der Waals surface area contributed by atoms with E-state index in [0.29, 0.717) is 4.90 Å². The Labute approximate surface area is 107 Å². The predicted molar refractivity (Wildman–Crippen MR) is 61.1 cm³/mol. The van der Waals surface area contributed by atoms with Crippen LogP contribution in [-0.4, -0.2) is 46.8 Å². The molecule has 0 aromatic carbocycles. The summed E-state index contributed by atoms with van der Waals surface area (Å²) < 4.78 is 37.1. The zero-order valence-electron chi connectivity index (χ0n) is 9.81. The number of alkyl halides is 3. The van der Waals surface area contributed by atoms with Crippen molar-refractivity contribution in [3.63, 3.8) is 0 Å². The van der Waals surface area contributed by atoms with E-state index in [1.807, 2.05) is 0 Å². The van der Waals surface area contributed by atoms with E-state index in [0.717, 1.165) is 6.20 Å².